The zero-order chi connectivity index (χ0) is 8.81. The van der Waals surface area contributed by atoms with E-state index in [-0.39, 0.29) is 6.10 Å². The lowest BCUT2D eigenvalue weighted by atomic mass is 10.3. The summed E-state index contributed by atoms with van der Waals surface area (Å²) in [6.45, 7) is 2.23. The summed E-state index contributed by atoms with van der Waals surface area (Å²) in [6.07, 6.45) is 1.86. The fourth-order valence-electron chi connectivity index (χ4n) is 0.726. The Bertz CT molecular complexity index is 211. The van der Waals surface area contributed by atoms with Crippen LogP contribution in [0, 0.1) is 6.07 Å². The molecule has 0 amide bonds. The molecule has 1 rings (SSSR count). The van der Waals surface area contributed by atoms with Crippen LogP contribution in [0.4, 0.5) is 0 Å². The predicted molar refractivity (Wildman–Crippen MR) is 44.9 cm³/mol. The maximum atomic E-state index is 8.92. The zero-order valence-corrected chi connectivity index (χ0v) is 7.03. The van der Waals surface area contributed by atoms with E-state index in [0.29, 0.717) is 18.9 Å². The number of rotatable bonds is 4. The van der Waals surface area contributed by atoms with Gasteiger partial charge in [0.15, 0.2) is 0 Å². The molecule has 0 aliphatic heterocycles. The van der Waals surface area contributed by atoms with Crippen molar-refractivity contribution in [1.82, 2.24) is 4.98 Å². The average molecular weight is 166 g/mol. The Morgan fingerprint density at radius 1 is 1.75 bits per heavy atom. The van der Waals surface area contributed by atoms with Crippen LogP contribution in [0.3, 0.4) is 0 Å². The van der Waals surface area contributed by atoms with Gasteiger partial charge in [-0.2, -0.15) is 0 Å². The standard InChI is InChI=1S/C9H12NO2/c1-8(11)5-7-12-9-4-2-3-6-10-9/h2,4,6,8,11H,5,7H2,1H3. The molecular weight excluding hydrogens is 154 g/mol. The lowest BCUT2D eigenvalue weighted by Gasteiger charge is -2.05. The van der Waals surface area contributed by atoms with Gasteiger partial charge in [0.05, 0.1) is 12.7 Å². The van der Waals surface area contributed by atoms with Crippen LogP contribution in [-0.2, 0) is 0 Å². The molecule has 0 aliphatic rings. The zero-order valence-electron chi connectivity index (χ0n) is 7.03. The molecular formula is C9H12NO2. The van der Waals surface area contributed by atoms with Gasteiger partial charge in [-0.15, -0.1) is 0 Å². The highest BCUT2D eigenvalue weighted by atomic mass is 16.5. The molecule has 1 aromatic heterocycles. The van der Waals surface area contributed by atoms with Crippen LogP contribution in [0.1, 0.15) is 13.3 Å². The van der Waals surface area contributed by atoms with Crippen molar-refractivity contribution in [1.29, 1.82) is 0 Å². The normalized spacial score (nSPS) is 12.5. The molecule has 3 nitrogen and oxygen atoms in total. The number of aliphatic hydroxyl groups is 1. The van der Waals surface area contributed by atoms with Crippen molar-refractivity contribution >= 4 is 0 Å². The van der Waals surface area contributed by atoms with Crippen molar-refractivity contribution in [2.24, 2.45) is 0 Å². The highest BCUT2D eigenvalue weighted by Crippen LogP contribution is 2.03. The topological polar surface area (TPSA) is 42.4 Å². The van der Waals surface area contributed by atoms with E-state index >= 15 is 0 Å². The average Bonchev–Trinajstić information content (AvgIpc) is 2.05. The fraction of sp³-hybridized carbons (Fsp3) is 0.444. The molecule has 0 aliphatic carbocycles. The minimum Gasteiger partial charge on any atom is -0.478 e. The van der Waals surface area contributed by atoms with Crippen molar-refractivity contribution in [3.05, 3.63) is 24.4 Å². The Morgan fingerprint density at radius 2 is 2.58 bits per heavy atom. The van der Waals surface area contributed by atoms with Crippen LogP contribution in [0.2, 0.25) is 0 Å². The quantitative estimate of drug-likeness (QED) is 0.726. The summed E-state index contributed by atoms with van der Waals surface area (Å²) < 4.78 is 5.23. The van der Waals surface area contributed by atoms with Gasteiger partial charge in [-0.1, -0.05) is 0 Å². The first-order valence-corrected chi connectivity index (χ1v) is 3.92. The Kier molecular flexibility index (Phi) is 3.54. The number of hydrogen-bond acceptors (Lipinski definition) is 3. The summed E-state index contributed by atoms with van der Waals surface area (Å²) >= 11 is 0. The van der Waals surface area contributed by atoms with Gasteiger partial charge in [-0.3, -0.25) is 0 Å². The Morgan fingerprint density at radius 3 is 3.17 bits per heavy atom. The van der Waals surface area contributed by atoms with Gasteiger partial charge in [0.2, 0.25) is 5.88 Å². The highest BCUT2D eigenvalue weighted by Gasteiger charge is 1.96. The third-order valence-electron chi connectivity index (χ3n) is 1.37. The third-order valence-corrected chi connectivity index (χ3v) is 1.37. The molecule has 0 fully saturated rings. The van der Waals surface area contributed by atoms with Crippen molar-refractivity contribution in [3.63, 3.8) is 0 Å². The lowest BCUT2D eigenvalue weighted by Crippen LogP contribution is -2.07. The second-order valence-electron chi connectivity index (χ2n) is 2.58. The summed E-state index contributed by atoms with van der Waals surface area (Å²) in [5, 5.41) is 8.92. The monoisotopic (exact) mass is 166 g/mol. The largest absolute Gasteiger partial charge is 0.478 e. The molecule has 0 spiro atoms. The SMILES string of the molecule is CC(O)CCOc1cc[c]cn1. The van der Waals surface area contributed by atoms with Crippen molar-refractivity contribution < 1.29 is 9.84 Å². The molecule has 65 valence electrons. The molecule has 1 N–H and O–H groups in total. The van der Waals surface area contributed by atoms with E-state index in [2.05, 4.69) is 11.1 Å². The molecule has 0 saturated carbocycles. The Balaban J connectivity index is 2.25. The first-order valence-electron chi connectivity index (χ1n) is 3.92. The number of pyridine rings is 1. The smallest absolute Gasteiger partial charge is 0.213 e. The van der Waals surface area contributed by atoms with E-state index < -0.39 is 0 Å². The maximum Gasteiger partial charge on any atom is 0.213 e. The molecule has 0 saturated heterocycles. The molecule has 1 atom stereocenters. The van der Waals surface area contributed by atoms with Crippen LogP contribution >= 0.6 is 0 Å². The van der Waals surface area contributed by atoms with E-state index in [0.717, 1.165) is 0 Å². The summed E-state index contributed by atoms with van der Waals surface area (Å²) in [7, 11) is 0. The van der Waals surface area contributed by atoms with Gasteiger partial charge in [-0.25, -0.2) is 4.98 Å². The van der Waals surface area contributed by atoms with Crippen molar-refractivity contribution in [2.45, 2.75) is 19.4 Å². The number of ether oxygens (including phenoxy) is 1. The molecule has 0 aromatic carbocycles. The number of hydrogen-bond donors (Lipinski definition) is 1. The molecule has 12 heavy (non-hydrogen) atoms. The van der Waals surface area contributed by atoms with Gasteiger partial charge >= 0.3 is 0 Å². The first kappa shape index (κ1) is 9.00. The fourth-order valence-corrected chi connectivity index (χ4v) is 0.726. The summed E-state index contributed by atoms with van der Waals surface area (Å²) in [5.74, 6) is 0.578. The van der Waals surface area contributed by atoms with Crippen LogP contribution in [0.5, 0.6) is 5.88 Å². The highest BCUT2D eigenvalue weighted by molar-refractivity contribution is 5.08. The molecule has 1 heterocycles. The number of nitrogens with zero attached hydrogens (tertiary/aromatic N) is 1. The number of aliphatic hydroxyl groups excluding tert-OH is 1. The van der Waals surface area contributed by atoms with Crippen LogP contribution in [-0.4, -0.2) is 22.8 Å². The van der Waals surface area contributed by atoms with Crippen molar-refractivity contribution in [2.75, 3.05) is 6.61 Å². The van der Waals surface area contributed by atoms with E-state index in [1.54, 1.807) is 25.3 Å². The minimum atomic E-state index is -0.319. The summed E-state index contributed by atoms with van der Waals surface area (Å²) in [4.78, 5) is 3.92. The van der Waals surface area contributed by atoms with E-state index in [4.69, 9.17) is 9.84 Å². The second kappa shape index (κ2) is 4.72. The van der Waals surface area contributed by atoms with Gasteiger partial charge < -0.3 is 9.84 Å². The molecule has 0 bridgehead atoms. The number of aromatic nitrogens is 1. The van der Waals surface area contributed by atoms with Gasteiger partial charge in [0.1, 0.15) is 0 Å². The van der Waals surface area contributed by atoms with E-state index in [9.17, 15) is 0 Å². The van der Waals surface area contributed by atoms with E-state index in [1.807, 2.05) is 0 Å². The summed E-state index contributed by atoms with van der Waals surface area (Å²) in [5.41, 5.74) is 0. The Hall–Kier alpha value is -1.09. The van der Waals surface area contributed by atoms with E-state index in [1.165, 1.54) is 0 Å². The predicted octanol–water partition coefficient (Wildman–Crippen LogP) is 1.03. The van der Waals surface area contributed by atoms with Gasteiger partial charge in [0.25, 0.3) is 0 Å². The maximum absolute atomic E-state index is 8.92. The van der Waals surface area contributed by atoms with Crippen molar-refractivity contribution in [3.8, 4) is 5.88 Å². The minimum absolute atomic E-state index is 0.319. The molecule has 1 unspecified atom stereocenters. The summed E-state index contributed by atoms with van der Waals surface area (Å²) in [6, 6.07) is 6.27. The third kappa shape index (κ3) is 3.34. The molecule has 1 radical (unpaired) electrons. The molecule has 1 aromatic rings. The van der Waals surface area contributed by atoms with Crippen LogP contribution in [0.15, 0.2) is 18.3 Å². The second-order valence-corrected chi connectivity index (χ2v) is 2.58. The van der Waals surface area contributed by atoms with Gasteiger partial charge in [-0.05, 0) is 13.0 Å². The first-order chi connectivity index (χ1) is 5.79. The van der Waals surface area contributed by atoms with Crippen LogP contribution < -0.4 is 4.74 Å². The van der Waals surface area contributed by atoms with Gasteiger partial charge in [0, 0.05) is 24.8 Å². The lowest BCUT2D eigenvalue weighted by molar-refractivity contribution is 0.154. The van der Waals surface area contributed by atoms with Crippen LogP contribution in [0.25, 0.3) is 0 Å². The Labute approximate surface area is 72.0 Å². The molecule has 3 heteroatoms.